The molecule has 2 aromatic rings. The van der Waals surface area contributed by atoms with Crippen LogP contribution in [0.2, 0.25) is 0 Å². The summed E-state index contributed by atoms with van der Waals surface area (Å²) < 4.78 is 5.29. The van der Waals surface area contributed by atoms with E-state index < -0.39 is 18.0 Å². The number of thioether (sulfide) groups is 1. The molecule has 4 N–H and O–H groups in total. The van der Waals surface area contributed by atoms with Crippen molar-refractivity contribution < 1.29 is 28.7 Å². The van der Waals surface area contributed by atoms with Crippen LogP contribution in [-0.2, 0) is 37.1 Å². The second-order valence-electron chi connectivity index (χ2n) is 10.7. The monoisotopic (exact) mass is 626 g/mol. The average Bonchev–Trinajstić information content (AvgIpc) is 3.02. The highest BCUT2D eigenvalue weighted by atomic mass is 32.2. The third-order valence-electron chi connectivity index (χ3n) is 7.25. The lowest BCUT2D eigenvalue weighted by Gasteiger charge is -2.25. The van der Waals surface area contributed by atoms with Gasteiger partial charge in [0, 0.05) is 44.5 Å². The van der Waals surface area contributed by atoms with Gasteiger partial charge in [-0.25, -0.2) is 4.79 Å². The summed E-state index contributed by atoms with van der Waals surface area (Å²) in [6, 6.07) is 15.2. The molecule has 0 saturated carbocycles. The van der Waals surface area contributed by atoms with Gasteiger partial charge >= 0.3 is 12.0 Å². The molecule has 10 nitrogen and oxygen atoms in total. The molecule has 2 aromatic carbocycles. The van der Waals surface area contributed by atoms with Crippen LogP contribution in [0.3, 0.4) is 0 Å². The Bertz CT molecular complexity index is 1210. The summed E-state index contributed by atoms with van der Waals surface area (Å²) in [4.78, 5) is 62.6. The van der Waals surface area contributed by atoms with Crippen LogP contribution in [0.5, 0.6) is 0 Å². The number of hydrogen-bond donors (Lipinski definition) is 4. The first-order valence-corrected chi connectivity index (χ1v) is 16.4. The maximum atomic E-state index is 13.4. The van der Waals surface area contributed by atoms with E-state index in [1.807, 2.05) is 50.4 Å². The van der Waals surface area contributed by atoms with E-state index in [4.69, 9.17) is 4.74 Å². The van der Waals surface area contributed by atoms with Crippen LogP contribution in [0, 0.1) is 11.8 Å². The van der Waals surface area contributed by atoms with E-state index in [0.29, 0.717) is 43.8 Å². The van der Waals surface area contributed by atoms with Crippen LogP contribution >= 0.6 is 11.8 Å². The molecule has 0 spiro atoms. The zero-order chi connectivity index (χ0) is 32.3. The average molecular weight is 627 g/mol. The van der Waals surface area contributed by atoms with Gasteiger partial charge in [-0.05, 0) is 54.0 Å². The molecule has 0 aliphatic rings. The molecule has 3 atom stereocenters. The van der Waals surface area contributed by atoms with Gasteiger partial charge in [-0.2, -0.15) is 11.8 Å². The Hall–Kier alpha value is -3.86. The Morgan fingerprint density at radius 3 is 2.27 bits per heavy atom. The number of amides is 4. The van der Waals surface area contributed by atoms with Gasteiger partial charge in [-0.15, -0.1) is 0 Å². The van der Waals surface area contributed by atoms with Crippen LogP contribution in [0.4, 0.5) is 10.5 Å². The molecule has 0 fully saturated rings. The largest absolute Gasteiger partial charge is 0.461 e. The number of nitrogens with one attached hydrogen (secondary N) is 4. The molecule has 44 heavy (non-hydrogen) atoms. The van der Waals surface area contributed by atoms with E-state index >= 15 is 0 Å². The first-order valence-electron chi connectivity index (χ1n) is 15.0. The van der Waals surface area contributed by atoms with Crippen molar-refractivity contribution >= 4 is 47.0 Å². The van der Waals surface area contributed by atoms with Gasteiger partial charge in [0.1, 0.15) is 6.61 Å². The Kier molecular flexibility index (Phi) is 16.6. The first kappa shape index (κ1) is 36.3. The summed E-state index contributed by atoms with van der Waals surface area (Å²) in [5.74, 6) is -0.857. The van der Waals surface area contributed by atoms with Crippen molar-refractivity contribution in [2.24, 2.45) is 11.8 Å². The van der Waals surface area contributed by atoms with Gasteiger partial charge in [-0.1, -0.05) is 62.7 Å². The lowest BCUT2D eigenvalue weighted by molar-refractivity contribution is -0.145. The molecule has 0 bridgehead atoms. The standard InChI is InChI=1S/C33H46N4O6S/c1-5-23(2)28(32(41)34-18-9-12-31(40)43-22-26-10-7-6-8-11-26)20-30(39)29(17-19-44-4)37-33(42)36-27-15-13-25(14-16-27)21-35-24(3)38/h6-8,10-11,13-16,23,28-29H,5,9,12,17-22H2,1-4H3,(H,34,41)(H,35,38)(H2,36,37,42)/t23-,28-,29-/m0/s1. The lowest BCUT2D eigenvalue weighted by atomic mass is 9.85. The van der Waals surface area contributed by atoms with Crippen molar-refractivity contribution in [2.75, 3.05) is 23.9 Å². The van der Waals surface area contributed by atoms with Crippen molar-refractivity contribution in [1.82, 2.24) is 16.0 Å². The zero-order valence-corrected chi connectivity index (χ0v) is 27.0. The lowest BCUT2D eigenvalue weighted by Crippen LogP contribution is -2.45. The van der Waals surface area contributed by atoms with Crippen LogP contribution in [0.25, 0.3) is 0 Å². The van der Waals surface area contributed by atoms with Gasteiger partial charge in [0.25, 0.3) is 0 Å². The quantitative estimate of drug-likeness (QED) is 0.129. The van der Waals surface area contributed by atoms with Gasteiger partial charge in [-0.3, -0.25) is 19.2 Å². The van der Waals surface area contributed by atoms with E-state index in [1.165, 1.54) is 6.92 Å². The Morgan fingerprint density at radius 1 is 0.932 bits per heavy atom. The first-order chi connectivity index (χ1) is 21.1. The highest BCUT2D eigenvalue weighted by molar-refractivity contribution is 7.98. The number of Topliss-reactive ketones (excluding diaryl/α,β-unsaturated/α-hetero) is 1. The van der Waals surface area contributed by atoms with Crippen molar-refractivity contribution in [3.8, 4) is 0 Å². The van der Waals surface area contributed by atoms with Crippen LogP contribution in [0.15, 0.2) is 54.6 Å². The van der Waals surface area contributed by atoms with Crippen LogP contribution in [0.1, 0.15) is 64.0 Å². The number of carbonyl (C=O) groups is 5. The fourth-order valence-corrected chi connectivity index (χ4v) is 4.86. The number of urea groups is 1. The number of anilines is 1. The molecule has 0 aliphatic carbocycles. The number of benzene rings is 2. The number of carbonyl (C=O) groups excluding carboxylic acids is 5. The molecule has 240 valence electrons. The number of ketones is 1. The maximum absolute atomic E-state index is 13.4. The second kappa shape index (κ2) is 20.2. The van der Waals surface area contributed by atoms with Crippen LogP contribution in [-0.4, -0.2) is 54.2 Å². The highest BCUT2D eigenvalue weighted by Gasteiger charge is 2.30. The molecular formula is C33H46N4O6S. The predicted octanol–water partition coefficient (Wildman–Crippen LogP) is 4.83. The van der Waals surface area contributed by atoms with Crippen molar-refractivity contribution in [3.63, 3.8) is 0 Å². The molecule has 2 rings (SSSR count). The number of hydrogen-bond acceptors (Lipinski definition) is 7. The summed E-state index contributed by atoms with van der Waals surface area (Å²) in [5.41, 5.74) is 2.34. The molecule has 11 heteroatoms. The Morgan fingerprint density at radius 2 is 1.64 bits per heavy atom. The Balaban J connectivity index is 1.89. The number of ether oxygens (including phenoxy) is 1. The van der Waals surface area contributed by atoms with Crippen molar-refractivity contribution in [1.29, 1.82) is 0 Å². The van der Waals surface area contributed by atoms with E-state index in [1.54, 1.807) is 36.0 Å². The number of rotatable bonds is 19. The molecular weight excluding hydrogens is 580 g/mol. The molecule has 4 amide bonds. The minimum atomic E-state index is -0.750. The fraction of sp³-hybridized carbons (Fsp3) is 0.485. The van der Waals surface area contributed by atoms with E-state index in [-0.39, 0.29) is 48.9 Å². The maximum Gasteiger partial charge on any atom is 0.319 e. The normalized spacial score (nSPS) is 12.7. The van der Waals surface area contributed by atoms with Crippen LogP contribution < -0.4 is 21.3 Å². The summed E-state index contributed by atoms with van der Waals surface area (Å²) in [6.07, 6.45) is 3.66. The summed E-state index contributed by atoms with van der Waals surface area (Å²) in [7, 11) is 0. The van der Waals surface area contributed by atoms with Gasteiger partial charge < -0.3 is 26.0 Å². The third-order valence-corrected chi connectivity index (χ3v) is 7.89. The molecule has 0 unspecified atom stereocenters. The fourth-order valence-electron chi connectivity index (χ4n) is 4.39. The summed E-state index contributed by atoms with van der Waals surface area (Å²) in [6.45, 7) is 6.24. The zero-order valence-electron chi connectivity index (χ0n) is 26.1. The van der Waals surface area contributed by atoms with Gasteiger partial charge in [0.05, 0.1) is 6.04 Å². The predicted molar refractivity (Wildman–Crippen MR) is 174 cm³/mol. The Labute approximate surface area is 264 Å². The topological polar surface area (TPSA) is 143 Å². The molecule has 0 aliphatic heterocycles. The second-order valence-corrected chi connectivity index (χ2v) is 11.7. The minimum absolute atomic E-state index is 0.00285. The highest BCUT2D eigenvalue weighted by Crippen LogP contribution is 2.21. The molecule has 0 heterocycles. The SMILES string of the molecule is CC[C@H](C)[C@H](CC(=O)[C@H](CCSC)NC(=O)Nc1ccc(CNC(C)=O)cc1)C(=O)NCCCC(=O)OCc1ccccc1. The molecule has 0 radical (unpaired) electrons. The van der Waals surface area contributed by atoms with Crippen molar-refractivity contribution in [2.45, 2.75) is 72.1 Å². The van der Waals surface area contributed by atoms with Gasteiger partial charge in [0.2, 0.25) is 11.8 Å². The smallest absolute Gasteiger partial charge is 0.319 e. The van der Waals surface area contributed by atoms with E-state index in [2.05, 4.69) is 21.3 Å². The van der Waals surface area contributed by atoms with E-state index in [0.717, 1.165) is 11.1 Å². The molecule has 0 saturated heterocycles. The van der Waals surface area contributed by atoms with E-state index in [9.17, 15) is 24.0 Å². The van der Waals surface area contributed by atoms with Gasteiger partial charge in [0.15, 0.2) is 5.78 Å². The minimum Gasteiger partial charge on any atom is -0.461 e. The summed E-state index contributed by atoms with van der Waals surface area (Å²) >= 11 is 1.57. The molecule has 0 aromatic heterocycles. The third kappa shape index (κ3) is 14.1. The van der Waals surface area contributed by atoms with Crippen molar-refractivity contribution in [3.05, 3.63) is 65.7 Å². The number of esters is 1. The summed E-state index contributed by atoms with van der Waals surface area (Å²) in [5, 5.41) is 11.1.